The summed E-state index contributed by atoms with van der Waals surface area (Å²) in [5.41, 5.74) is 0. The number of aliphatic hydroxyl groups is 12. The van der Waals surface area contributed by atoms with E-state index < -0.39 is 36.4 Å². The minimum atomic E-state index is -0.954. The second-order valence-corrected chi connectivity index (χ2v) is 15.6. The number of hydrogen-bond acceptors (Lipinski definition) is 14. The smallest absolute Gasteiger partial charge is 0.303 e. The predicted molar refractivity (Wildman–Crippen MR) is 246 cm³/mol. The number of aliphatic carboxylic acids is 2. The highest BCUT2D eigenvalue weighted by Crippen LogP contribution is 2.14. The van der Waals surface area contributed by atoms with Crippen LogP contribution in [0.2, 0.25) is 0 Å². The fourth-order valence-corrected chi connectivity index (χ4v) is 5.17. The zero-order valence-electron chi connectivity index (χ0n) is 39.3. The molecule has 0 aliphatic carbocycles. The summed E-state index contributed by atoms with van der Waals surface area (Å²) in [5.74, 6) is -1.31. The Morgan fingerprint density at radius 3 is 0.500 bits per heavy atom. The molecule has 0 rings (SSSR count). The average molecular weight is 909 g/mol. The summed E-state index contributed by atoms with van der Waals surface area (Å²) in [6, 6.07) is 0. The lowest BCUT2D eigenvalue weighted by Crippen LogP contribution is -2.15. The van der Waals surface area contributed by atoms with Crippen LogP contribution in [0, 0.1) is 0 Å². The zero-order chi connectivity index (χ0) is 48.3. The van der Waals surface area contributed by atoms with Crippen molar-refractivity contribution in [1.82, 2.24) is 0 Å². The van der Waals surface area contributed by atoms with Gasteiger partial charge in [-0.2, -0.15) is 0 Å². The van der Waals surface area contributed by atoms with Crippen LogP contribution in [-0.2, 0) is 9.59 Å². The summed E-state index contributed by atoms with van der Waals surface area (Å²) >= 11 is 0. The Bertz CT molecular complexity index is 725. The van der Waals surface area contributed by atoms with Crippen molar-refractivity contribution in [2.24, 2.45) is 0 Å². The molecule has 0 aromatic rings. The van der Waals surface area contributed by atoms with Gasteiger partial charge < -0.3 is 71.5 Å². The number of hydrogen-bond donors (Lipinski definition) is 14. The van der Waals surface area contributed by atoms with Crippen LogP contribution in [0.3, 0.4) is 0 Å². The molecule has 14 N–H and O–H groups in total. The topological polar surface area (TPSA) is 317 Å². The Morgan fingerprint density at radius 1 is 0.274 bits per heavy atom. The lowest BCUT2D eigenvalue weighted by Gasteiger charge is -2.03. The molecule has 0 unspecified atom stereocenters. The number of unbranched alkanes of at least 4 members (excludes halogenated alkanes) is 26. The third kappa shape index (κ3) is 89.4. The molecule has 0 bridgehead atoms. The molecule has 0 aromatic heterocycles. The van der Waals surface area contributed by atoms with Crippen molar-refractivity contribution in [3.63, 3.8) is 0 Å². The van der Waals surface area contributed by atoms with Crippen molar-refractivity contribution >= 4 is 11.9 Å². The summed E-state index contributed by atoms with van der Waals surface area (Å²) in [6.45, 7) is 1.61. The van der Waals surface area contributed by atoms with E-state index in [0.29, 0.717) is 12.8 Å². The van der Waals surface area contributed by atoms with Gasteiger partial charge in [-0.25, -0.2) is 0 Å². The van der Waals surface area contributed by atoms with Gasteiger partial charge in [0.2, 0.25) is 0 Å². The van der Waals surface area contributed by atoms with E-state index in [1.165, 1.54) is 154 Å². The van der Waals surface area contributed by atoms with Gasteiger partial charge in [0.25, 0.3) is 0 Å². The molecule has 62 heavy (non-hydrogen) atoms. The fourth-order valence-electron chi connectivity index (χ4n) is 5.17. The van der Waals surface area contributed by atoms with Crippen molar-refractivity contribution in [1.29, 1.82) is 0 Å². The first-order valence-electron chi connectivity index (χ1n) is 23.8. The van der Waals surface area contributed by atoms with E-state index in [4.69, 9.17) is 71.5 Å². The first kappa shape index (κ1) is 72.1. The molecule has 0 amide bonds. The van der Waals surface area contributed by atoms with Gasteiger partial charge in [-0.3, -0.25) is 9.59 Å². The first-order valence-corrected chi connectivity index (χ1v) is 23.8. The van der Waals surface area contributed by atoms with Crippen molar-refractivity contribution < 1.29 is 81.1 Å². The Morgan fingerprint density at radius 2 is 0.403 bits per heavy atom. The van der Waals surface area contributed by atoms with Gasteiger partial charge in [0.1, 0.15) is 24.4 Å². The van der Waals surface area contributed by atoms with Crippen LogP contribution in [0.15, 0.2) is 0 Å². The van der Waals surface area contributed by atoms with Crippen molar-refractivity contribution in [3.8, 4) is 0 Å². The molecule has 0 aromatic carbocycles. The molecule has 0 aliphatic heterocycles. The third-order valence-corrected chi connectivity index (χ3v) is 9.17. The maximum Gasteiger partial charge on any atom is 0.303 e. The van der Waals surface area contributed by atoms with Crippen LogP contribution in [0.5, 0.6) is 0 Å². The third-order valence-electron chi connectivity index (χ3n) is 9.17. The molecule has 0 radical (unpaired) electrons. The number of carboxylic acid groups (broad SMARTS) is 2. The minimum Gasteiger partial charge on any atom is -0.481 e. The van der Waals surface area contributed by atoms with Crippen LogP contribution in [0.25, 0.3) is 0 Å². The number of carboxylic acids is 2. The maximum atomic E-state index is 10.3. The van der Waals surface area contributed by atoms with E-state index >= 15 is 0 Å². The Hall–Kier alpha value is -1.54. The van der Waals surface area contributed by atoms with Gasteiger partial charge in [0, 0.05) is 12.8 Å². The van der Waals surface area contributed by atoms with Gasteiger partial charge in [-0.15, -0.1) is 0 Å². The number of aliphatic hydroxyl groups excluding tert-OH is 12. The Kier molecular flexibility index (Phi) is 79.6. The van der Waals surface area contributed by atoms with E-state index in [-0.39, 0.29) is 52.9 Å². The quantitative estimate of drug-likeness (QED) is 0.0354. The van der Waals surface area contributed by atoms with E-state index in [0.717, 1.165) is 25.7 Å². The molecule has 0 spiro atoms. The van der Waals surface area contributed by atoms with E-state index in [9.17, 15) is 9.59 Å². The minimum absolute atomic E-state index is 0.345. The highest BCUT2D eigenvalue weighted by atomic mass is 16.4. The van der Waals surface area contributed by atoms with Gasteiger partial charge in [0.15, 0.2) is 0 Å². The summed E-state index contributed by atoms with van der Waals surface area (Å²) in [4.78, 5) is 20.6. The highest BCUT2D eigenvalue weighted by molar-refractivity contribution is 5.66. The molecule has 0 heterocycles. The molecule has 0 saturated heterocycles. The van der Waals surface area contributed by atoms with Gasteiger partial charge in [-0.05, 0) is 12.8 Å². The van der Waals surface area contributed by atoms with Crippen molar-refractivity contribution in [2.75, 3.05) is 52.9 Å². The molecular weight excluding hydrogens is 808 g/mol. The van der Waals surface area contributed by atoms with Crippen LogP contribution in [0.1, 0.15) is 206 Å². The lowest BCUT2D eigenvalue weighted by molar-refractivity contribution is -0.138. The monoisotopic (exact) mass is 909 g/mol. The van der Waals surface area contributed by atoms with Gasteiger partial charge in [-0.1, -0.05) is 181 Å². The highest BCUT2D eigenvalue weighted by Gasteiger charge is 1.99. The second kappa shape index (κ2) is 68.5. The Labute approximate surface area is 376 Å². The van der Waals surface area contributed by atoms with E-state index in [2.05, 4.69) is 13.8 Å². The zero-order valence-corrected chi connectivity index (χ0v) is 39.3. The summed E-state index contributed by atoms with van der Waals surface area (Å²) in [6.07, 6.45) is 33.7. The van der Waals surface area contributed by atoms with Crippen LogP contribution in [0.4, 0.5) is 0 Å². The molecule has 0 saturated carbocycles. The fraction of sp³-hybridized carbons (Fsp3) is 0.957. The Balaban J connectivity index is -0.000000167. The largest absolute Gasteiger partial charge is 0.481 e. The summed E-state index contributed by atoms with van der Waals surface area (Å²) in [5, 5.41) is 113. The predicted octanol–water partition coefficient (Wildman–Crippen LogP) is 5.21. The van der Waals surface area contributed by atoms with Gasteiger partial charge in [0.05, 0.1) is 52.9 Å². The van der Waals surface area contributed by atoms with Crippen LogP contribution >= 0.6 is 0 Å². The molecule has 0 atom stereocenters. The van der Waals surface area contributed by atoms with E-state index in [1.54, 1.807) is 0 Å². The van der Waals surface area contributed by atoms with Crippen molar-refractivity contribution in [3.05, 3.63) is 0 Å². The second-order valence-electron chi connectivity index (χ2n) is 15.6. The number of rotatable bonds is 38. The summed E-state index contributed by atoms with van der Waals surface area (Å²) in [7, 11) is 0. The normalized spacial score (nSPS) is 10.5. The molecule has 16 nitrogen and oxygen atoms in total. The average Bonchev–Trinajstić information content (AvgIpc) is 3.28. The lowest BCUT2D eigenvalue weighted by atomic mass is 10.0. The molecular formula is C46H100O16. The maximum absolute atomic E-state index is 10.3. The molecule has 380 valence electrons. The molecule has 0 fully saturated rings. The SMILES string of the molecule is CCCCCCCCCCCCCCCC(=O)O.CCCCCCCCCCCCCCCCCC(=O)O.OCC(O)CO.OCC(O)CO.OCC(O)CO.OCC(O)CO. The molecule has 16 heteroatoms. The number of carbonyl (C=O) groups is 2. The van der Waals surface area contributed by atoms with Crippen LogP contribution < -0.4 is 0 Å². The van der Waals surface area contributed by atoms with Gasteiger partial charge >= 0.3 is 11.9 Å². The standard InChI is InChI=1S/C18H36O2.C16H32O2.4C3H8O3/c1-2-3-4-5-6-7-8-9-10-11-12-13-14-15-16-17-18(19)20;1-2-3-4-5-6-7-8-9-10-11-12-13-14-15-16(17)18;4*4-1-3(6)2-5/h2-17H2,1H3,(H,19,20);2-15H2,1H3,(H,17,18);4*3-6H,1-2H2. The van der Waals surface area contributed by atoms with Crippen molar-refractivity contribution in [2.45, 2.75) is 231 Å². The van der Waals surface area contributed by atoms with Crippen LogP contribution in [-0.4, -0.2) is 161 Å². The van der Waals surface area contributed by atoms with E-state index in [1.807, 2.05) is 0 Å². The first-order chi connectivity index (χ1) is 29.8. The molecule has 0 aliphatic rings. The summed E-state index contributed by atoms with van der Waals surface area (Å²) < 4.78 is 0.